The summed E-state index contributed by atoms with van der Waals surface area (Å²) in [5.74, 6) is 0.926. The molecule has 8 nitrogen and oxygen atoms in total. The third-order valence-corrected chi connectivity index (χ3v) is 5.24. The number of ether oxygens (including phenoxy) is 1. The molecule has 0 bridgehead atoms. The standard InChI is InChI=1S/C18H19BClN5O3/c1-10-7-22-18(25-17(10)24-15-9-27-3-2-11(15)6-21)23-13-4-12-8-28-19(26)16(12)14(20)5-13/h4-5,7,11,15,26H,2-3,8-9H2,1H3,(H2,22,23,24,25)/t11?,15-/m0/s1. The fourth-order valence-electron chi connectivity index (χ4n) is 3.38. The van der Waals surface area contributed by atoms with E-state index in [-0.39, 0.29) is 12.0 Å². The largest absolute Gasteiger partial charge is 0.493 e. The van der Waals surface area contributed by atoms with Crippen LogP contribution in [0.15, 0.2) is 18.3 Å². The molecule has 1 aromatic heterocycles. The molecule has 2 atom stereocenters. The highest BCUT2D eigenvalue weighted by atomic mass is 35.5. The molecule has 0 radical (unpaired) electrons. The monoisotopic (exact) mass is 399 g/mol. The van der Waals surface area contributed by atoms with Gasteiger partial charge in [0, 0.05) is 34.5 Å². The van der Waals surface area contributed by atoms with E-state index in [2.05, 4.69) is 26.7 Å². The molecule has 1 fully saturated rings. The third kappa shape index (κ3) is 3.77. The molecule has 2 aromatic rings. The molecule has 10 heteroatoms. The number of fused-ring (bicyclic) bond motifs is 1. The summed E-state index contributed by atoms with van der Waals surface area (Å²) >= 11 is 6.28. The SMILES string of the molecule is Cc1cnc(Nc2cc(Cl)c3c(c2)COB3O)nc1N[C@H]1COCCC1C#N. The topological polar surface area (TPSA) is 112 Å². The summed E-state index contributed by atoms with van der Waals surface area (Å²) in [5.41, 5.74) is 2.99. The maximum absolute atomic E-state index is 9.81. The highest BCUT2D eigenvalue weighted by Crippen LogP contribution is 2.26. The Kier molecular flexibility index (Phi) is 5.37. The second-order valence-electron chi connectivity index (χ2n) is 6.89. The maximum atomic E-state index is 9.81. The molecular weight excluding hydrogens is 380 g/mol. The van der Waals surface area contributed by atoms with Crippen molar-refractivity contribution in [2.24, 2.45) is 5.92 Å². The lowest BCUT2D eigenvalue weighted by Crippen LogP contribution is -2.38. The summed E-state index contributed by atoms with van der Waals surface area (Å²) in [7, 11) is -0.992. The summed E-state index contributed by atoms with van der Waals surface area (Å²) in [6.07, 6.45) is 2.41. The number of hydrogen-bond donors (Lipinski definition) is 3. The van der Waals surface area contributed by atoms with E-state index >= 15 is 0 Å². The minimum Gasteiger partial charge on any atom is -0.423 e. The normalized spacial score (nSPS) is 21.1. The number of hydrogen-bond acceptors (Lipinski definition) is 8. The quantitative estimate of drug-likeness (QED) is 0.667. The van der Waals surface area contributed by atoms with Gasteiger partial charge in [0.15, 0.2) is 0 Å². The zero-order valence-electron chi connectivity index (χ0n) is 15.3. The van der Waals surface area contributed by atoms with E-state index in [1.165, 1.54) is 0 Å². The van der Waals surface area contributed by atoms with Crippen LogP contribution in [0.5, 0.6) is 0 Å². The Balaban J connectivity index is 1.55. The summed E-state index contributed by atoms with van der Waals surface area (Å²) in [6.45, 7) is 3.27. The molecule has 3 heterocycles. The molecule has 0 amide bonds. The van der Waals surface area contributed by atoms with E-state index < -0.39 is 7.12 Å². The Labute approximate surface area is 168 Å². The molecule has 1 unspecified atom stereocenters. The van der Waals surface area contributed by atoms with Crippen molar-refractivity contribution in [3.63, 3.8) is 0 Å². The number of nitriles is 1. The number of halogens is 1. The fourth-order valence-corrected chi connectivity index (χ4v) is 3.72. The summed E-state index contributed by atoms with van der Waals surface area (Å²) < 4.78 is 10.7. The van der Waals surface area contributed by atoms with Crippen LogP contribution in [0.25, 0.3) is 0 Å². The smallest absolute Gasteiger partial charge is 0.423 e. The Morgan fingerprint density at radius 1 is 1.43 bits per heavy atom. The number of nitrogens with zero attached hydrogens (tertiary/aromatic N) is 3. The molecule has 4 rings (SSSR count). The van der Waals surface area contributed by atoms with Gasteiger partial charge in [-0.2, -0.15) is 10.2 Å². The summed E-state index contributed by atoms with van der Waals surface area (Å²) in [4.78, 5) is 8.87. The second kappa shape index (κ2) is 7.93. The first-order valence-corrected chi connectivity index (χ1v) is 9.39. The van der Waals surface area contributed by atoms with Crippen molar-refractivity contribution in [1.29, 1.82) is 5.26 Å². The Morgan fingerprint density at radius 3 is 3.11 bits per heavy atom. The first-order valence-electron chi connectivity index (χ1n) is 9.01. The van der Waals surface area contributed by atoms with Crippen LogP contribution < -0.4 is 16.1 Å². The van der Waals surface area contributed by atoms with E-state index in [1.54, 1.807) is 12.3 Å². The van der Waals surface area contributed by atoms with Crippen LogP contribution in [-0.4, -0.2) is 41.4 Å². The van der Waals surface area contributed by atoms with Gasteiger partial charge in [-0.05, 0) is 31.0 Å². The maximum Gasteiger partial charge on any atom is 0.493 e. The first-order chi connectivity index (χ1) is 13.5. The van der Waals surface area contributed by atoms with Crippen molar-refractivity contribution in [2.75, 3.05) is 23.8 Å². The number of benzene rings is 1. The van der Waals surface area contributed by atoms with Gasteiger partial charge in [0.2, 0.25) is 5.95 Å². The van der Waals surface area contributed by atoms with Crippen LogP contribution in [0.1, 0.15) is 17.5 Å². The zero-order chi connectivity index (χ0) is 19.7. The summed E-state index contributed by atoms with van der Waals surface area (Å²) in [5, 5.41) is 26.0. The minimum absolute atomic E-state index is 0.117. The molecule has 144 valence electrons. The van der Waals surface area contributed by atoms with E-state index in [0.29, 0.717) is 54.2 Å². The van der Waals surface area contributed by atoms with Crippen LogP contribution in [0, 0.1) is 24.2 Å². The summed E-state index contributed by atoms with van der Waals surface area (Å²) in [6, 6.07) is 5.78. The molecule has 1 aromatic carbocycles. The highest BCUT2D eigenvalue weighted by Gasteiger charge is 2.30. The van der Waals surface area contributed by atoms with Gasteiger partial charge in [-0.1, -0.05) is 11.6 Å². The number of nitrogens with one attached hydrogen (secondary N) is 2. The van der Waals surface area contributed by atoms with Crippen LogP contribution in [0.2, 0.25) is 5.02 Å². The average Bonchev–Trinajstić information content (AvgIpc) is 3.06. The molecule has 2 aliphatic heterocycles. The molecule has 2 aliphatic rings. The predicted molar refractivity (Wildman–Crippen MR) is 106 cm³/mol. The van der Waals surface area contributed by atoms with E-state index in [1.807, 2.05) is 13.0 Å². The average molecular weight is 400 g/mol. The van der Waals surface area contributed by atoms with Gasteiger partial charge in [0.05, 0.1) is 31.2 Å². The van der Waals surface area contributed by atoms with Gasteiger partial charge in [0.25, 0.3) is 0 Å². The molecule has 0 saturated carbocycles. The van der Waals surface area contributed by atoms with Crippen LogP contribution in [0.4, 0.5) is 17.5 Å². The van der Waals surface area contributed by atoms with Crippen molar-refractivity contribution in [2.45, 2.75) is 26.0 Å². The molecule has 1 saturated heterocycles. The van der Waals surface area contributed by atoms with E-state index in [4.69, 9.17) is 21.0 Å². The van der Waals surface area contributed by atoms with Crippen molar-refractivity contribution < 1.29 is 14.4 Å². The van der Waals surface area contributed by atoms with Crippen molar-refractivity contribution >= 4 is 41.6 Å². The van der Waals surface area contributed by atoms with Crippen LogP contribution in [-0.2, 0) is 16.0 Å². The zero-order valence-corrected chi connectivity index (χ0v) is 16.0. The lowest BCUT2D eigenvalue weighted by molar-refractivity contribution is 0.0698. The number of anilines is 3. The molecule has 28 heavy (non-hydrogen) atoms. The van der Waals surface area contributed by atoms with Gasteiger partial charge < -0.3 is 25.0 Å². The van der Waals surface area contributed by atoms with Crippen LogP contribution >= 0.6 is 11.6 Å². The molecule has 0 aliphatic carbocycles. The Hall–Kier alpha value is -2.38. The third-order valence-electron chi connectivity index (χ3n) is 4.93. The van der Waals surface area contributed by atoms with Crippen molar-refractivity contribution in [1.82, 2.24) is 9.97 Å². The van der Waals surface area contributed by atoms with Crippen molar-refractivity contribution in [3.8, 4) is 6.07 Å². The van der Waals surface area contributed by atoms with Gasteiger partial charge in [-0.3, -0.25) is 0 Å². The number of rotatable bonds is 4. The van der Waals surface area contributed by atoms with Gasteiger partial charge >= 0.3 is 7.12 Å². The lowest BCUT2D eigenvalue weighted by atomic mass is 9.79. The minimum atomic E-state index is -0.992. The fraction of sp³-hybridized carbons (Fsp3) is 0.389. The molecular formula is C18H19BClN5O3. The number of aromatic nitrogens is 2. The lowest BCUT2D eigenvalue weighted by Gasteiger charge is -2.28. The van der Waals surface area contributed by atoms with Gasteiger partial charge in [-0.15, -0.1) is 0 Å². The second-order valence-corrected chi connectivity index (χ2v) is 7.30. The van der Waals surface area contributed by atoms with E-state index in [9.17, 15) is 10.3 Å². The van der Waals surface area contributed by atoms with Gasteiger partial charge in [-0.25, -0.2) is 4.98 Å². The van der Waals surface area contributed by atoms with Crippen LogP contribution in [0.3, 0.4) is 0 Å². The Bertz CT molecular complexity index is 938. The van der Waals surface area contributed by atoms with Crippen molar-refractivity contribution in [3.05, 3.63) is 34.5 Å². The predicted octanol–water partition coefficient (Wildman–Crippen LogP) is 1.74. The Morgan fingerprint density at radius 2 is 2.29 bits per heavy atom. The first kappa shape index (κ1) is 19.0. The molecule has 0 spiro atoms. The molecule has 3 N–H and O–H groups in total. The van der Waals surface area contributed by atoms with Gasteiger partial charge in [0.1, 0.15) is 5.82 Å². The number of aryl methyl sites for hydroxylation is 1. The highest BCUT2D eigenvalue weighted by molar-refractivity contribution is 6.65. The van der Waals surface area contributed by atoms with E-state index in [0.717, 1.165) is 11.1 Å².